The summed E-state index contributed by atoms with van der Waals surface area (Å²) in [5.41, 5.74) is 5.00. The number of H-pyrrole nitrogens is 1. The maximum absolute atomic E-state index is 4.30. The summed E-state index contributed by atoms with van der Waals surface area (Å²) in [5.74, 6) is 0.779. The highest BCUT2D eigenvalue weighted by Crippen LogP contribution is 2.33. The molecular weight excluding hydrogens is 312 g/mol. The molecule has 0 aliphatic carbocycles. The number of rotatable bonds is 6. The van der Waals surface area contributed by atoms with Gasteiger partial charge in [-0.3, -0.25) is 4.98 Å². The van der Waals surface area contributed by atoms with E-state index < -0.39 is 0 Å². The van der Waals surface area contributed by atoms with Crippen LogP contribution in [0.4, 0.5) is 0 Å². The third-order valence-corrected chi connectivity index (χ3v) is 4.58. The first-order chi connectivity index (χ1) is 12.3. The maximum Gasteiger partial charge on any atom is 0.174 e. The Morgan fingerprint density at radius 2 is 2.00 bits per heavy atom. The predicted molar refractivity (Wildman–Crippen MR) is 97.0 cm³/mol. The van der Waals surface area contributed by atoms with Crippen molar-refractivity contribution in [1.82, 2.24) is 30.2 Å². The van der Waals surface area contributed by atoms with Gasteiger partial charge in [0.2, 0.25) is 0 Å². The molecule has 0 saturated carbocycles. The Balaban J connectivity index is 1.64. The van der Waals surface area contributed by atoms with Crippen LogP contribution in [0, 0.1) is 6.92 Å². The van der Waals surface area contributed by atoms with E-state index in [0.717, 1.165) is 37.2 Å². The average molecular weight is 332 g/mol. The molecule has 0 aliphatic heterocycles. The van der Waals surface area contributed by atoms with Crippen molar-refractivity contribution in [3.8, 4) is 11.3 Å². The SMILES string of the molecule is Cc1c(-c2cccnc2)n(CCCCc2nn[nH]n2)c2ccccc12. The van der Waals surface area contributed by atoms with Crippen molar-refractivity contribution in [3.63, 3.8) is 0 Å². The van der Waals surface area contributed by atoms with Crippen LogP contribution in [-0.4, -0.2) is 30.2 Å². The molecule has 0 radical (unpaired) electrons. The lowest BCUT2D eigenvalue weighted by molar-refractivity contribution is 0.617. The summed E-state index contributed by atoms with van der Waals surface area (Å²) in [5, 5.41) is 15.5. The Hall–Kier alpha value is -3.02. The summed E-state index contributed by atoms with van der Waals surface area (Å²) in [7, 11) is 0. The fourth-order valence-electron chi connectivity index (χ4n) is 3.43. The Morgan fingerprint density at radius 1 is 1.08 bits per heavy atom. The summed E-state index contributed by atoms with van der Waals surface area (Å²) < 4.78 is 2.41. The molecule has 6 heteroatoms. The molecule has 0 bridgehead atoms. The molecule has 4 rings (SSSR count). The number of nitrogens with one attached hydrogen (secondary N) is 1. The lowest BCUT2D eigenvalue weighted by Gasteiger charge is -2.11. The number of hydrogen-bond acceptors (Lipinski definition) is 4. The van der Waals surface area contributed by atoms with E-state index in [1.165, 1.54) is 22.2 Å². The van der Waals surface area contributed by atoms with Gasteiger partial charge in [-0.25, -0.2) is 0 Å². The molecule has 0 aliphatic rings. The molecule has 0 atom stereocenters. The van der Waals surface area contributed by atoms with Gasteiger partial charge in [-0.2, -0.15) is 5.21 Å². The van der Waals surface area contributed by atoms with Crippen LogP contribution in [0.15, 0.2) is 48.8 Å². The molecular formula is C19H20N6. The van der Waals surface area contributed by atoms with Crippen LogP contribution >= 0.6 is 0 Å². The van der Waals surface area contributed by atoms with Crippen molar-refractivity contribution in [2.75, 3.05) is 0 Å². The molecule has 3 aromatic heterocycles. The smallest absolute Gasteiger partial charge is 0.174 e. The van der Waals surface area contributed by atoms with Crippen LogP contribution in [0.3, 0.4) is 0 Å². The Kier molecular flexibility index (Phi) is 4.24. The second kappa shape index (κ2) is 6.84. The normalized spacial score (nSPS) is 11.2. The number of pyridine rings is 1. The van der Waals surface area contributed by atoms with Gasteiger partial charge in [0.05, 0.1) is 5.69 Å². The number of nitrogens with zero attached hydrogens (tertiary/aromatic N) is 5. The monoisotopic (exact) mass is 332 g/mol. The summed E-state index contributed by atoms with van der Waals surface area (Å²) in [6.45, 7) is 3.15. The second-order valence-electron chi connectivity index (χ2n) is 6.17. The number of aryl methyl sites for hydroxylation is 3. The van der Waals surface area contributed by atoms with Crippen molar-refractivity contribution >= 4 is 10.9 Å². The van der Waals surface area contributed by atoms with Gasteiger partial charge in [0.1, 0.15) is 0 Å². The van der Waals surface area contributed by atoms with E-state index in [-0.39, 0.29) is 0 Å². The van der Waals surface area contributed by atoms with Crippen LogP contribution in [0.5, 0.6) is 0 Å². The quantitative estimate of drug-likeness (QED) is 0.548. The van der Waals surface area contributed by atoms with Gasteiger partial charge in [-0.1, -0.05) is 23.4 Å². The number of unbranched alkanes of at least 4 members (excludes halogenated alkanes) is 1. The largest absolute Gasteiger partial charge is 0.340 e. The Morgan fingerprint density at radius 3 is 2.80 bits per heavy atom. The zero-order chi connectivity index (χ0) is 17.1. The fourth-order valence-corrected chi connectivity index (χ4v) is 3.43. The summed E-state index contributed by atoms with van der Waals surface area (Å²) in [4.78, 5) is 4.30. The van der Waals surface area contributed by atoms with Crippen molar-refractivity contribution in [2.24, 2.45) is 0 Å². The maximum atomic E-state index is 4.30. The Bertz CT molecular complexity index is 956. The molecule has 0 spiro atoms. The number of aromatic nitrogens is 6. The van der Waals surface area contributed by atoms with E-state index in [9.17, 15) is 0 Å². The van der Waals surface area contributed by atoms with Crippen LogP contribution in [0.25, 0.3) is 22.2 Å². The van der Waals surface area contributed by atoms with Crippen molar-refractivity contribution in [1.29, 1.82) is 0 Å². The number of para-hydroxylation sites is 1. The molecule has 0 unspecified atom stereocenters. The van der Waals surface area contributed by atoms with Crippen molar-refractivity contribution in [2.45, 2.75) is 32.7 Å². The van der Waals surface area contributed by atoms with E-state index in [1.807, 2.05) is 18.5 Å². The highest BCUT2D eigenvalue weighted by molar-refractivity contribution is 5.91. The standard InChI is InChI=1S/C19H20N6/c1-14-16-8-2-3-9-17(16)25(19(14)15-7-6-11-20-13-15)12-5-4-10-18-21-23-24-22-18/h2-3,6-9,11,13H,4-5,10,12H2,1H3,(H,21,22,23,24). The summed E-state index contributed by atoms with van der Waals surface area (Å²) >= 11 is 0. The van der Waals surface area contributed by atoms with Crippen LogP contribution in [-0.2, 0) is 13.0 Å². The molecule has 0 fully saturated rings. The van der Waals surface area contributed by atoms with Gasteiger partial charge in [0.25, 0.3) is 0 Å². The van der Waals surface area contributed by atoms with E-state index in [2.05, 4.69) is 67.4 Å². The molecule has 4 aromatic rings. The average Bonchev–Trinajstić information content (AvgIpc) is 3.27. The molecule has 1 N–H and O–H groups in total. The second-order valence-corrected chi connectivity index (χ2v) is 6.17. The lowest BCUT2D eigenvalue weighted by Crippen LogP contribution is -2.02. The first-order valence-electron chi connectivity index (χ1n) is 8.55. The van der Waals surface area contributed by atoms with Gasteiger partial charge < -0.3 is 4.57 Å². The minimum atomic E-state index is 0.779. The number of aromatic amines is 1. The molecule has 0 amide bonds. The van der Waals surface area contributed by atoms with Gasteiger partial charge in [0.15, 0.2) is 5.82 Å². The van der Waals surface area contributed by atoms with Gasteiger partial charge in [-0.05, 0) is 43.5 Å². The summed E-state index contributed by atoms with van der Waals surface area (Å²) in [6, 6.07) is 12.7. The third kappa shape index (κ3) is 3.03. The minimum absolute atomic E-state index is 0.779. The fraction of sp³-hybridized carbons (Fsp3) is 0.263. The van der Waals surface area contributed by atoms with Crippen molar-refractivity contribution < 1.29 is 0 Å². The van der Waals surface area contributed by atoms with Crippen LogP contribution < -0.4 is 0 Å². The molecule has 0 saturated heterocycles. The van der Waals surface area contributed by atoms with Gasteiger partial charge in [-0.15, -0.1) is 10.2 Å². The van der Waals surface area contributed by atoms with E-state index in [0.29, 0.717) is 0 Å². The topological polar surface area (TPSA) is 72.3 Å². The third-order valence-electron chi connectivity index (χ3n) is 4.58. The van der Waals surface area contributed by atoms with Gasteiger partial charge >= 0.3 is 0 Å². The zero-order valence-corrected chi connectivity index (χ0v) is 14.2. The molecule has 126 valence electrons. The highest BCUT2D eigenvalue weighted by Gasteiger charge is 2.15. The van der Waals surface area contributed by atoms with E-state index in [4.69, 9.17) is 0 Å². The molecule has 25 heavy (non-hydrogen) atoms. The predicted octanol–water partition coefficient (Wildman–Crippen LogP) is 3.55. The highest BCUT2D eigenvalue weighted by atomic mass is 15.5. The van der Waals surface area contributed by atoms with E-state index >= 15 is 0 Å². The minimum Gasteiger partial charge on any atom is -0.340 e. The molecule has 3 heterocycles. The number of tetrazole rings is 1. The van der Waals surface area contributed by atoms with Crippen molar-refractivity contribution in [3.05, 3.63) is 60.2 Å². The lowest BCUT2D eigenvalue weighted by atomic mass is 10.1. The molecule has 1 aromatic carbocycles. The van der Waals surface area contributed by atoms with Crippen LogP contribution in [0.2, 0.25) is 0 Å². The number of benzene rings is 1. The first-order valence-corrected chi connectivity index (χ1v) is 8.55. The zero-order valence-electron chi connectivity index (χ0n) is 14.2. The number of hydrogen-bond donors (Lipinski definition) is 1. The van der Waals surface area contributed by atoms with E-state index in [1.54, 1.807) is 0 Å². The first kappa shape index (κ1) is 15.5. The van der Waals surface area contributed by atoms with Crippen LogP contribution in [0.1, 0.15) is 24.2 Å². The summed E-state index contributed by atoms with van der Waals surface area (Å²) in [6.07, 6.45) is 6.68. The number of fused-ring (bicyclic) bond motifs is 1. The Labute approximate surface area is 145 Å². The molecule has 6 nitrogen and oxygen atoms in total. The van der Waals surface area contributed by atoms with Gasteiger partial charge in [0, 0.05) is 41.8 Å².